The van der Waals surface area contributed by atoms with Crippen LogP contribution in [0.2, 0.25) is 0 Å². The van der Waals surface area contributed by atoms with Gasteiger partial charge >= 0.3 is 0 Å². The van der Waals surface area contributed by atoms with Gasteiger partial charge in [-0.25, -0.2) is 0 Å². The lowest BCUT2D eigenvalue weighted by molar-refractivity contribution is 0.396. The normalized spacial score (nSPS) is 11.5. The molecule has 6 heteroatoms. The zero-order valence-electron chi connectivity index (χ0n) is 19.9. The molecule has 0 N–H and O–H groups in total. The van der Waals surface area contributed by atoms with Crippen LogP contribution in [0.1, 0.15) is 22.3 Å². The molecule has 0 atom stereocenters. The fourth-order valence-corrected chi connectivity index (χ4v) is 5.94. The van der Waals surface area contributed by atoms with E-state index in [0.717, 1.165) is 32.5 Å². The van der Waals surface area contributed by atoms with Crippen molar-refractivity contribution in [3.8, 4) is 21.8 Å². The Labute approximate surface area is 228 Å². The Morgan fingerprint density at radius 2 is 1.22 bits per heavy atom. The summed E-state index contributed by atoms with van der Waals surface area (Å²) in [5.41, 5.74) is 5.99. The first-order chi connectivity index (χ1) is 18.3. The summed E-state index contributed by atoms with van der Waals surface area (Å²) in [6.45, 7) is 0. The number of hydrogen-bond acceptors (Lipinski definition) is 4. The van der Waals surface area contributed by atoms with Crippen LogP contribution in [-0.2, 0) is 10.9 Å². The van der Waals surface area contributed by atoms with Gasteiger partial charge in [-0.2, -0.15) is 0 Å². The number of benzene rings is 4. The van der Waals surface area contributed by atoms with Gasteiger partial charge in [0.2, 0.25) is 5.82 Å². The summed E-state index contributed by atoms with van der Waals surface area (Å²) in [5.74, 6) is 0.612. The van der Waals surface area contributed by atoms with Crippen molar-refractivity contribution in [2.45, 2.75) is 10.9 Å². The SMILES string of the molecule is BrCc1ccc(-c2csc(-c3nnn(C(c4ccccc4)(c4ccccc4)c4ccccc4)n3)c2)cc1. The van der Waals surface area contributed by atoms with Gasteiger partial charge in [0, 0.05) is 5.33 Å². The van der Waals surface area contributed by atoms with E-state index in [1.165, 1.54) is 11.1 Å². The van der Waals surface area contributed by atoms with Crippen LogP contribution in [0.5, 0.6) is 0 Å². The molecule has 37 heavy (non-hydrogen) atoms. The average molecular weight is 564 g/mol. The molecule has 0 unspecified atom stereocenters. The number of aromatic nitrogens is 4. The van der Waals surface area contributed by atoms with Gasteiger partial charge in [0.15, 0.2) is 5.54 Å². The predicted octanol–water partition coefficient (Wildman–Crippen LogP) is 7.80. The monoisotopic (exact) mass is 562 g/mol. The molecule has 0 amide bonds. The largest absolute Gasteiger partial charge is 0.214 e. The topological polar surface area (TPSA) is 43.6 Å². The van der Waals surface area contributed by atoms with E-state index in [2.05, 4.69) is 135 Å². The Morgan fingerprint density at radius 3 is 1.73 bits per heavy atom. The standard InChI is InChI=1S/C31H23BrN4S/c32-21-23-16-18-24(19-17-23)25-20-29(37-22-25)30-33-35-36(34-30)31(26-10-4-1-5-11-26,27-12-6-2-7-13-27)28-14-8-3-9-15-28/h1-20,22H,21H2. The van der Waals surface area contributed by atoms with Crippen LogP contribution in [0.3, 0.4) is 0 Å². The molecule has 6 rings (SSSR count). The summed E-state index contributed by atoms with van der Waals surface area (Å²) in [4.78, 5) is 2.75. The minimum absolute atomic E-state index is 0.612. The molecule has 2 aromatic heterocycles. The molecule has 0 saturated carbocycles. The molecule has 6 aromatic rings. The molecule has 0 radical (unpaired) electrons. The zero-order chi connectivity index (χ0) is 25.1. The van der Waals surface area contributed by atoms with Crippen LogP contribution in [0.25, 0.3) is 21.8 Å². The van der Waals surface area contributed by atoms with Gasteiger partial charge in [-0.05, 0) is 50.0 Å². The quantitative estimate of drug-likeness (QED) is 0.147. The van der Waals surface area contributed by atoms with Gasteiger partial charge in [0.25, 0.3) is 0 Å². The smallest absolute Gasteiger partial charge is 0.144 e. The maximum absolute atomic E-state index is 5.02. The molecule has 0 spiro atoms. The van der Waals surface area contributed by atoms with Crippen molar-refractivity contribution in [3.63, 3.8) is 0 Å². The van der Waals surface area contributed by atoms with Crippen molar-refractivity contribution in [2.75, 3.05) is 0 Å². The van der Waals surface area contributed by atoms with Gasteiger partial charge in [-0.15, -0.1) is 26.3 Å². The third-order valence-electron chi connectivity index (χ3n) is 6.55. The van der Waals surface area contributed by atoms with E-state index < -0.39 is 5.54 Å². The highest BCUT2D eigenvalue weighted by Gasteiger charge is 2.41. The molecule has 0 aliphatic heterocycles. The fraction of sp³-hybridized carbons (Fsp3) is 0.0645. The number of nitrogens with zero attached hydrogens (tertiary/aromatic N) is 4. The molecule has 4 aromatic carbocycles. The summed E-state index contributed by atoms with van der Waals surface area (Å²) in [6.07, 6.45) is 0. The second-order valence-corrected chi connectivity index (χ2v) is 10.2. The molecule has 0 aliphatic rings. The lowest BCUT2D eigenvalue weighted by atomic mass is 9.77. The molecule has 0 aliphatic carbocycles. The molecule has 0 saturated heterocycles. The number of rotatable bonds is 7. The Balaban J connectivity index is 1.49. The summed E-state index contributed by atoms with van der Waals surface area (Å²) in [6, 6.07) is 41.9. The van der Waals surface area contributed by atoms with Crippen molar-refractivity contribution in [1.82, 2.24) is 20.2 Å². The van der Waals surface area contributed by atoms with E-state index >= 15 is 0 Å². The highest BCUT2D eigenvalue weighted by molar-refractivity contribution is 9.08. The van der Waals surface area contributed by atoms with Gasteiger partial charge < -0.3 is 0 Å². The van der Waals surface area contributed by atoms with Crippen LogP contribution >= 0.6 is 27.3 Å². The highest BCUT2D eigenvalue weighted by atomic mass is 79.9. The lowest BCUT2D eigenvalue weighted by Gasteiger charge is -2.34. The number of halogens is 1. The van der Waals surface area contributed by atoms with Crippen LogP contribution in [-0.4, -0.2) is 20.2 Å². The van der Waals surface area contributed by atoms with Gasteiger partial charge in [0.1, 0.15) is 0 Å². The van der Waals surface area contributed by atoms with Crippen molar-refractivity contribution >= 4 is 27.3 Å². The van der Waals surface area contributed by atoms with Gasteiger partial charge in [-0.3, -0.25) is 0 Å². The van der Waals surface area contributed by atoms with Crippen LogP contribution < -0.4 is 0 Å². The summed E-state index contributed by atoms with van der Waals surface area (Å²) >= 11 is 5.15. The zero-order valence-corrected chi connectivity index (χ0v) is 22.3. The second-order valence-electron chi connectivity index (χ2n) is 8.74. The maximum Gasteiger partial charge on any atom is 0.214 e. The molecular weight excluding hydrogens is 540 g/mol. The van der Waals surface area contributed by atoms with E-state index in [0.29, 0.717) is 5.82 Å². The third-order valence-corrected chi connectivity index (χ3v) is 8.12. The van der Waals surface area contributed by atoms with E-state index in [4.69, 9.17) is 5.10 Å². The summed E-state index contributed by atoms with van der Waals surface area (Å²) in [5, 5.41) is 17.2. The van der Waals surface area contributed by atoms with Crippen LogP contribution in [0, 0.1) is 0 Å². The van der Waals surface area contributed by atoms with E-state index in [-0.39, 0.29) is 0 Å². The molecule has 2 heterocycles. The first-order valence-electron chi connectivity index (χ1n) is 12.0. The number of hydrogen-bond donors (Lipinski definition) is 0. The highest BCUT2D eigenvalue weighted by Crippen LogP contribution is 2.40. The summed E-state index contributed by atoms with van der Waals surface area (Å²) < 4.78 is 0. The Morgan fingerprint density at radius 1 is 0.676 bits per heavy atom. The predicted molar refractivity (Wildman–Crippen MR) is 154 cm³/mol. The van der Waals surface area contributed by atoms with Crippen molar-refractivity contribution in [2.24, 2.45) is 0 Å². The third kappa shape index (κ3) is 4.32. The molecular formula is C31H23BrN4S. The van der Waals surface area contributed by atoms with E-state index in [9.17, 15) is 0 Å². The number of thiophene rings is 1. The molecule has 180 valence electrons. The molecule has 4 nitrogen and oxygen atoms in total. The van der Waals surface area contributed by atoms with Gasteiger partial charge in [0.05, 0.1) is 4.88 Å². The van der Waals surface area contributed by atoms with Crippen molar-refractivity contribution in [3.05, 3.63) is 149 Å². The fourth-order valence-electron chi connectivity index (χ4n) is 4.73. The minimum atomic E-state index is -0.777. The van der Waals surface area contributed by atoms with Gasteiger partial charge in [-0.1, -0.05) is 131 Å². The molecule has 0 bridgehead atoms. The van der Waals surface area contributed by atoms with E-state index in [1.54, 1.807) is 16.1 Å². The number of tetrazole rings is 1. The Bertz CT molecular complexity index is 1500. The summed E-state index contributed by atoms with van der Waals surface area (Å²) in [7, 11) is 0. The first-order valence-corrected chi connectivity index (χ1v) is 14.0. The van der Waals surface area contributed by atoms with Crippen LogP contribution in [0.15, 0.2) is 127 Å². The average Bonchev–Trinajstić information content (AvgIpc) is 3.66. The van der Waals surface area contributed by atoms with Crippen molar-refractivity contribution in [1.29, 1.82) is 0 Å². The van der Waals surface area contributed by atoms with Crippen LogP contribution in [0.4, 0.5) is 0 Å². The second kappa shape index (κ2) is 10.2. The van der Waals surface area contributed by atoms with E-state index in [1.807, 2.05) is 18.2 Å². The van der Waals surface area contributed by atoms with Crippen molar-refractivity contribution < 1.29 is 0 Å². The Hall–Kier alpha value is -3.87. The first kappa shape index (κ1) is 23.5. The lowest BCUT2D eigenvalue weighted by Crippen LogP contribution is -2.39. The minimum Gasteiger partial charge on any atom is -0.144 e. The molecule has 0 fully saturated rings. The Kier molecular flexibility index (Phi) is 6.51. The number of alkyl halides is 1. The maximum atomic E-state index is 5.02.